The first-order valence-corrected chi connectivity index (χ1v) is 12.8. The highest BCUT2D eigenvalue weighted by Crippen LogP contribution is 2.35. The number of benzene rings is 2. The number of hydrogen-bond donors (Lipinski definition) is 3. The van der Waals surface area contributed by atoms with Crippen molar-refractivity contribution >= 4 is 23.4 Å². The van der Waals surface area contributed by atoms with E-state index in [1.165, 1.54) is 16.1 Å². The zero-order chi connectivity index (χ0) is 26.4. The van der Waals surface area contributed by atoms with Gasteiger partial charge in [0.25, 0.3) is 11.8 Å². The predicted molar refractivity (Wildman–Crippen MR) is 139 cm³/mol. The molecule has 0 aliphatic heterocycles. The summed E-state index contributed by atoms with van der Waals surface area (Å²) >= 11 is 0. The molecule has 192 valence electrons. The molecule has 4 aromatic rings. The number of fused-ring (bicyclic) bond motifs is 3. The minimum Gasteiger partial charge on any atom is -0.478 e. The Bertz CT molecular complexity index is 1610. The zero-order valence-electron chi connectivity index (χ0n) is 20.9. The summed E-state index contributed by atoms with van der Waals surface area (Å²) in [6.07, 6.45) is 5.70. The molecule has 2 aromatic heterocycles. The zero-order valence-corrected chi connectivity index (χ0v) is 20.9. The number of hydrogen-bond acceptors (Lipinski definition) is 5. The van der Waals surface area contributed by atoms with Gasteiger partial charge in [-0.25, -0.2) is 14.3 Å². The Hall–Kier alpha value is -4.53. The molecular weight excluding hydrogens is 482 g/mol. The van der Waals surface area contributed by atoms with Crippen LogP contribution in [0.15, 0.2) is 54.7 Å². The summed E-state index contributed by atoms with van der Waals surface area (Å²) in [6.45, 7) is 1.80. The van der Waals surface area contributed by atoms with Gasteiger partial charge in [-0.1, -0.05) is 30.3 Å². The van der Waals surface area contributed by atoms with Gasteiger partial charge in [-0.05, 0) is 72.9 Å². The van der Waals surface area contributed by atoms with Crippen molar-refractivity contribution in [3.63, 3.8) is 0 Å². The summed E-state index contributed by atoms with van der Waals surface area (Å²) < 4.78 is 1.43. The molecule has 2 aliphatic carbocycles. The van der Waals surface area contributed by atoms with E-state index in [1.807, 2.05) is 18.2 Å². The Morgan fingerprint density at radius 2 is 1.74 bits per heavy atom. The molecule has 38 heavy (non-hydrogen) atoms. The highest BCUT2D eigenvalue weighted by Gasteiger charge is 2.29. The van der Waals surface area contributed by atoms with Crippen molar-refractivity contribution in [3.05, 3.63) is 99.5 Å². The van der Waals surface area contributed by atoms with Crippen LogP contribution in [0.25, 0.3) is 5.65 Å². The Morgan fingerprint density at radius 3 is 2.58 bits per heavy atom. The van der Waals surface area contributed by atoms with Gasteiger partial charge in [0.1, 0.15) is 11.4 Å². The van der Waals surface area contributed by atoms with Crippen molar-refractivity contribution in [2.24, 2.45) is 0 Å². The Kier molecular flexibility index (Phi) is 5.90. The van der Waals surface area contributed by atoms with Gasteiger partial charge in [0, 0.05) is 12.1 Å². The molecule has 0 bridgehead atoms. The van der Waals surface area contributed by atoms with Crippen LogP contribution in [0.3, 0.4) is 0 Å². The van der Waals surface area contributed by atoms with Gasteiger partial charge in [-0.3, -0.25) is 9.59 Å². The molecule has 0 radical (unpaired) electrons. The van der Waals surface area contributed by atoms with Crippen LogP contribution in [0.1, 0.15) is 90.5 Å². The number of carbonyl (C=O) groups excluding carboxylic acids is 2. The maximum absolute atomic E-state index is 13.5. The Morgan fingerprint density at radius 1 is 0.947 bits per heavy atom. The minimum absolute atomic E-state index is 0.110. The first kappa shape index (κ1) is 23.8. The second-order valence-corrected chi connectivity index (χ2v) is 9.92. The molecule has 0 saturated carbocycles. The second kappa shape index (κ2) is 9.41. The summed E-state index contributed by atoms with van der Waals surface area (Å²) in [5.74, 6) is -1.68. The molecule has 2 amide bonds. The van der Waals surface area contributed by atoms with E-state index in [-0.39, 0.29) is 40.8 Å². The van der Waals surface area contributed by atoms with Crippen LogP contribution in [-0.2, 0) is 12.8 Å². The van der Waals surface area contributed by atoms with Crippen molar-refractivity contribution in [3.8, 4) is 0 Å². The number of nitrogens with one attached hydrogen (secondary N) is 2. The van der Waals surface area contributed by atoms with E-state index in [4.69, 9.17) is 0 Å². The van der Waals surface area contributed by atoms with Gasteiger partial charge < -0.3 is 15.7 Å². The highest BCUT2D eigenvalue weighted by molar-refractivity contribution is 5.98. The lowest BCUT2D eigenvalue weighted by atomic mass is 9.87. The van der Waals surface area contributed by atoms with Crippen LogP contribution in [0, 0.1) is 6.92 Å². The predicted octanol–water partition coefficient (Wildman–Crippen LogP) is 3.96. The number of carboxylic acid groups (broad SMARTS) is 1. The lowest BCUT2D eigenvalue weighted by molar-refractivity contribution is 0.0695. The number of nitrogens with zero attached hydrogens (tertiary/aromatic N) is 3. The fraction of sp³-hybridized carbons (Fsp3) is 0.276. The lowest BCUT2D eigenvalue weighted by Crippen LogP contribution is -2.33. The summed E-state index contributed by atoms with van der Waals surface area (Å²) in [5, 5.41) is 19.9. The molecule has 3 N–H and O–H groups in total. The van der Waals surface area contributed by atoms with Crippen LogP contribution in [0.4, 0.5) is 0 Å². The van der Waals surface area contributed by atoms with Crippen molar-refractivity contribution in [1.29, 1.82) is 0 Å². The number of carbonyl (C=O) groups is 3. The van der Waals surface area contributed by atoms with Gasteiger partial charge in [0.15, 0.2) is 5.65 Å². The molecule has 6 rings (SSSR count). The molecule has 0 spiro atoms. The van der Waals surface area contributed by atoms with Gasteiger partial charge in [-0.2, -0.15) is 5.10 Å². The fourth-order valence-corrected chi connectivity index (χ4v) is 5.82. The van der Waals surface area contributed by atoms with E-state index in [1.54, 1.807) is 31.3 Å². The SMILES string of the molecule is Cc1c(C(=O)O)ccc2c1CC[C@@H]2NC(=O)c1cc(C(=O)N[C@@H]2CCCc3ccccc32)nc2ccnn12. The topological polar surface area (TPSA) is 126 Å². The molecular formula is C29H27N5O4. The maximum Gasteiger partial charge on any atom is 0.335 e. The van der Waals surface area contributed by atoms with E-state index >= 15 is 0 Å². The summed E-state index contributed by atoms with van der Waals surface area (Å²) in [6, 6.07) is 14.3. The van der Waals surface area contributed by atoms with Gasteiger partial charge in [0.2, 0.25) is 0 Å². The quantitative estimate of drug-likeness (QED) is 0.374. The number of aromatic carboxylic acids is 1. The number of aryl methyl sites for hydroxylation is 1. The van der Waals surface area contributed by atoms with Crippen LogP contribution in [-0.4, -0.2) is 37.5 Å². The minimum atomic E-state index is -0.960. The standard InChI is InChI=1S/C29H27N5O4/c1-16-18-11-12-23(21(18)10-9-19(16)29(37)38)33-28(36)25-15-24(31-26-13-14-30-34(25)26)27(35)32-22-8-4-6-17-5-2-3-7-20(17)22/h2-3,5,7,9-10,13-15,22-23H,4,6,8,11-12H2,1H3,(H,32,35)(H,33,36)(H,37,38)/t22-,23+/m1/s1. The van der Waals surface area contributed by atoms with Crippen LogP contribution < -0.4 is 10.6 Å². The molecule has 2 atom stereocenters. The van der Waals surface area contributed by atoms with E-state index in [0.717, 1.165) is 41.5 Å². The second-order valence-electron chi connectivity index (χ2n) is 9.92. The van der Waals surface area contributed by atoms with Gasteiger partial charge >= 0.3 is 5.97 Å². The largest absolute Gasteiger partial charge is 0.478 e. The third-order valence-electron chi connectivity index (χ3n) is 7.73. The third-order valence-corrected chi connectivity index (χ3v) is 7.73. The Labute approximate surface area is 218 Å². The molecule has 2 heterocycles. The van der Waals surface area contributed by atoms with E-state index in [0.29, 0.717) is 18.5 Å². The first-order chi connectivity index (χ1) is 18.4. The van der Waals surface area contributed by atoms with E-state index < -0.39 is 5.97 Å². The Balaban J connectivity index is 1.27. The number of amides is 2. The molecule has 0 unspecified atom stereocenters. The monoisotopic (exact) mass is 509 g/mol. The number of aromatic nitrogens is 3. The third kappa shape index (κ3) is 4.09. The molecule has 0 saturated heterocycles. The molecule has 9 nitrogen and oxygen atoms in total. The normalized spacial score (nSPS) is 18.0. The number of rotatable bonds is 5. The van der Waals surface area contributed by atoms with Crippen molar-refractivity contribution < 1.29 is 19.5 Å². The van der Waals surface area contributed by atoms with E-state index in [2.05, 4.69) is 26.8 Å². The highest BCUT2D eigenvalue weighted by atomic mass is 16.4. The fourth-order valence-electron chi connectivity index (χ4n) is 5.82. The van der Waals surface area contributed by atoms with E-state index in [9.17, 15) is 19.5 Å². The smallest absolute Gasteiger partial charge is 0.335 e. The molecule has 2 aromatic carbocycles. The molecule has 2 aliphatic rings. The van der Waals surface area contributed by atoms with Crippen molar-refractivity contribution in [2.45, 2.75) is 51.1 Å². The average Bonchev–Trinajstić information content (AvgIpc) is 3.56. The van der Waals surface area contributed by atoms with Gasteiger partial charge in [0.05, 0.1) is 23.8 Å². The average molecular weight is 510 g/mol. The number of carboxylic acids is 1. The summed E-state index contributed by atoms with van der Waals surface area (Å²) in [4.78, 5) is 42.8. The van der Waals surface area contributed by atoms with Crippen LogP contribution in [0.2, 0.25) is 0 Å². The van der Waals surface area contributed by atoms with Gasteiger partial charge in [-0.15, -0.1) is 0 Å². The summed E-state index contributed by atoms with van der Waals surface area (Å²) in [5.41, 5.74) is 6.01. The molecule has 9 heteroatoms. The first-order valence-electron chi connectivity index (χ1n) is 12.8. The van der Waals surface area contributed by atoms with Crippen molar-refractivity contribution in [2.75, 3.05) is 0 Å². The van der Waals surface area contributed by atoms with Crippen molar-refractivity contribution in [1.82, 2.24) is 25.2 Å². The molecule has 0 fully saturated rings. The lowest BCUT2D eigenvalue weighted by Gasteiger charge is -2.26. The maximum atomic E-state index is 13.5. The summed E-state index contributed by atoms with van der Waals surface area (Å²) in [7, 11) is 0. The van der Waals surface area contributed by atoms with Crippen LogP contribution >= 0.6 is 0 Å². The van der Waals surface area contributed by atoms with Crippen LogP contribution in [0.5, 0.6) is 0 Å².